The van der Waals surface area contributed by atoms with Crippen molar-refractivity contribution in [2.75, 3.05) is 18.4 Å². The third kappa shape index (κ3) is 4.01. The summed E-state index contributed by atoms with van der Waals surface area (Å²) in [6, 6.07) is 7.99. The summed E-state index contributed by atoms with van der Waals surface area (Å²) in [4.78, 5) is 20.2. The number of carbonyl (C=O) groups is 1. The molecule has 0 radical (unpaired) electrons. The number of halogens is 1. The Labute approximate surface area is 136 Å². The molecule has 0 saturated heterocycles. The second-order valence-corrected chi connectivity index (χ2v) is 5.86. The minimum absolute atomic E-state index is 0.138. The number of thiophene rings is 1. The van der Waals surface area contributed by atoms with Gasteiger partial charge in [0.05, 0.1) is 16.6 Å². The molecule has 0 fully saturated rings. The van der Waals surface area contributed by atoms with Crippen molar-refractivity contribution in [1.82, 2.24) is 15.3 Å². The average molecular weight is 330 g/mol. The van der Waals surface area contributed by atoms with E-state index in [1.807, 2.05) is 11.4 Å². The molecule has 0 saturated carbocycles. The molecule has 1 aromatic carbocycles. The Bertz CT molecular complexity index is 820. The normalized spacial score (nSPS) is 10.7. The zero-order valence-electron chi connectivity index (χ0n) is 12.3. The molecule has 2 heterocycles. The molecule has 3 rings (SSSR count). The highest BCUT2D eigenvalue weighted by atomic mass is 32.1. The summed E-state index contributed by atoms with van der Waals surface area (Å²) >= 11 is 1.57. The van der Waals surface area contributed by atoms with Gasteiger partial charge < -0.3 is 10.6 Å². The maximum atomic E-state index is 13.1. The van der Waals surface area contributed by atoms with Gasteiger partial charge >= 0.3 is 0 Å². The summed E-state index contributed by atoms with van der Waals surface area (Å²) < 4.78 is 14.1. The standard InChI is InChI=1S/C16H15FN4OS/c17-12-3-1-2-11(8-12)9-14(22)18-5-6-19-16-15-13(4-7-23-15)20-10-21-16/h1-4,7-8,10H,5-6,9H2,(H,18,22)(H,19,20,21). The molecule has 0 bridgehead atoms. The van der Waals surface area contributed by atoms with Gasteiger partial charge in [-0.25, -0.2) is 14.4 Å². The highest BCUT2D eigenvalue weighted by molar-refractivity contribution is 7.17. The van der Waals surface area contributed by atoms with Crippen molar-refractivity contribution in [1.29, 1.82) is 0 Å². The van der Waals surface area contributed by atoms with Gasteiger partial charge in [0.15, 0.2) is 0 Å². The molecule has 0 spiro atoms. The predicted molar refractivity (Wildman–Crippen MR) is 89.0 cm³/mol. The van der Waals surface area contributed by atoms with E-state index in [2.05, 4.69) is 20.6 Å². The summed E-state index contributed by atoms with van der Waals surface area (Å²) in [6.07, 6.45) is 1.68. The first-order valence-corrected chi connectivity index (χ1v) is 8.03. The lowest BCUT2D eigenvalue weighted by Crippen LogP contribution is -2.30. The molecule has 0 atom stereocenters. The van der Waals surface area contributed by atoms with E-state index < -0.39 is 0 Å². The Hall–Kier alpha value is -2.54. The fourth-order valence-corrected chi connectivity index (χ4v) is 3.00. The summed E-state index contributed by atoms with van der Waals surface area (Å²) in [6.45, 7) is 1.02. The van der Waals surface area contributed by atoms with Gasteiger partial charge in [-0.1, -0.05) is 12.1 Å². The lowest BCUT2D eigenvalue weighted by atomic mass is 10.1. The molecule has 118 valence electrons. The quantitative estimate of drug-likeness (QED) is 0.682. The first kappa shape index (κ1) is 15.4. The number of hydrogen-bond donors (Lipinski definition) is 2. The van der Waals surface area contributed by atoms with Gasteiger partial charge in [-0.3, -0.25) is 4.79 Å². The van der Waals surface area contributed by atoms with Crippen molar-refractivity contribution in [3.63, 3.8) is 0 Å². The van der Waals surface area contributed by atoms with E-state index in [4.69, 9.17) is 0 Å². The molecule has 5 nitrogen and oxygen atoms in total. The Kier molecular flexibility index (Phi) is 4.77. The van der Waals surface area contributed by atoms with Crippen LogP contribution in [-0.4, -0.2) is 29.0 Å². The second-order valence-electron chi connectivity index (χ2n) is 4.94. The number of nitrogens with zero attached hydrogens (tertiary/aromatic N) is 2. The molecule has 0 aliphatic heterocycles. The maximum Gasteiger partial charge on any atom is 0.224 e. The summed E-state index contributed by atoms with van der Waals surface area (Å²) in [5, 5.41) is 7.95. The van der Waals surface area contributed by atoms with Gasteiger partial charge in [0.1, 0.15) is 18.0 Å². The predicted octanol–water partition coefficient (Wildman–Crippen LogP) is 2.60. The van der Waals surface area contributed by atoms with Crippen molar-refractivity contribution in [2.24, 2.45) is 0 Å². The van der Waals surface area contributed by atoms with Crippen molar-refractivity contribution in [3.05, 3.63) is 53.4 Å². The number of rotatable bonds is 6. The Morgan fingerprint density at radius 2 is 2.13 bits per heavy atom. The van der Waals surface area contributed by atoms with E-state index in [9.17, 15) is 9.18 Å². The van der Waals surface area contributed by atoms with E-state index in [1.165, 1.54) is 18.5 Å². The van der Waals surface area contributed by atoms with Crippen molar-refractivity contribution < 1.29 is 9.18 Å². The summed E-state index contributed by atoms with van der Waals surface area (Å²) in [5.74, 6) is 0.298. The fraction of sp³-hybridized carbons (Fsp3) is 0.188. The van der Waals surface area contributed by atoms with Crippen LogP contribution in [0, 0.1) is 5.82 Å². The van der Waals surface area contributed by atoms with Crippen LogP contribution in [0.2, 0.25) is 0 Å². The van der Waals surface area contributed by atoms with Gasteiger partial charge in [-0.05, 0) is 29.1 Å². The number of anilines is 1. The van der Waals surface area contributed by atoms with Crippen LogP contribution < -0.4 is 10.6 Å². The van der Waals surface area contributed by atoms with E-state index in [0.29, 0.717) is 18.7 Å². The molecule has 0 aliphatic carbocycles. The van der Waals surface area contributed by atoms with Gasteiger partial charge in [0.25, 0.3) is 0 Å². The third-order valence-corrected chi connectivity index (χ3v) is 4.15. The summed E-state index contributed by atoms with van der Waals surface area (Å²) in [5.41, 5.74) is 1.56. The third-order valence-electron chi connectivity index (χ3n) is 3.24. The second kappa shape index (κ2) is 7.15. The number of carbonyl (C=O) groups excluding carboxylic acids is 1. The number of amides is 1. The Morgan fingerprint density at radius 3 is 3.00 bits per heavy atom. The molecule has 1 amide bonds. The zero-order valence-corrected chi connectivity index (χ0v) is 13.1. The van der Waals surface area contributed by atoms with Crippen molar-refractivity contribution in [3.8, 4) is 0 Å². The molecule has 0 aliphatic rings. The number of nitrogens with one attached hydrogen (secondary N) is 2. The molecule has 2 N–H and O–H groups in total. The monoisotopic (exact) mass is 330 g/mol. The SMILES string of the molecule is O=C(Cc1cccc(F)c1)NCCNc1ncnc2ccsc12. The van der Waals surface area contributed by atoms with Crippen LogP contribution in [0.25, 0.3) is 10.2 Å². The summed E-state index contributed by atoms with van der Waals surface area (Å²) in [7, 11) is 0. The highest BCUT2D eigenvalue weighted by Gasteiger charge is 2.06. The van der Waals surface area contributed by atoms with E-state index in [0.717, 1.165) is 16.0 Å². The number of aromatic nitrogens is 2. The van der Waals surface area contributed by atoms with E-state index in [1.54, 1.807) is 23.5 Å². The number of benzene rings is 1. The first-order chi connectivity index (χ1) is 11.2. The van der Waals surface area contributed by atoms with Crippen LogP contribution in [0.3, 0.4) is 0 Å². The molecular weight excluding hydrogens is 315 g/mol. The molecule has 23 heavy (non-hydrogen) atoms. The van der Waals surface area contributed by atoms with Crippen LogP contribution in [0.15, 0.2) is 42.0 Å². The first-order valence-electron chi connectivity index (χ1n) is 7.15. The molecule has 3 aromatic rings. The lowest BCUT2D eigenvalue weighted by molar-refractivity contribution is -0.120. The lowest BCUT2D eigenvalue weighted by Gasteiger charge is -2.08. The maximum absolute atomic E-state index is 13.1. The molecule has 2 aromatic heterocycles. The zero-order chi connectivity index (χ0) is 16.1. The van der Waals surface area contributed by atoms with Crippen LogP contribution in [0.1, 0.15) is 5.56 Å². The molecular formula is C16H15FN4OS. The topological polar surface area (TPSA) is 66.9 Å². The largest absolute Gasteiger partial charge is 0.367 e. The van der Waals surface area contributed by atoms with Crippen molar-refractivity contribution in [2.45, 2.75) is 6.42 Å². The van der Waals surface area contributed by atoms with Crippen LogP contribution >= 0.6 is 11.3 Å². The van der Waals surface area contributed by atoms with Crippen LogP contribution in [0.4, 0.5) is 10.2 Å². The number of fused-ring (bicyclic) bond motifs is 1. The van der Waals surface area contributed by atoms with Gasteiger partial charge in [-0.2, -0.15) is 0 Å². The average Bonchev–Trinajstić information content (AvgIpc) is 3.01. The highest BCUT2D eigenvalue weighted by Crippen LogP contribution is 2.24. The van der Waals surface area contributed by atoms with Crippen LogP contribution in [0.5, 0.6) is 0 Å². The van der Waals surface area contributed by atoms with E-state index in [-0.39, 0.29) is 18.1 Å². The van der Waals surface area contributed by atoms with Gasteiger partial charge in [0.2, 0.25) is 5.91 Å². The van der Waals surface area contributed by atoms with E-state index >= 15 is 0 Å². The van der Waals surface area contributed by atoms with Gasteiger partial charge in [0, 0.05) is 13.1 Å². The van der Waals surface area contributed by atoms with Crippen LogP contribution in [-0.2, 0) is 11.2 Å². The molecule has 0 unspecified atom stereocenters. The van der Waals surface area contributed by atoms with Crippen molar-refractivity contribution >= 4 is 33.3 Å². The molecule has 7 heteroatoms. The smallest absolute Gasteiger partial charge is 0.224 e. The minimum atomic E-state index is -0.333. The fourth-order valence-electron chi connectivity index (χ4n) is 2.19. The Balaban J connectivity index is 1.46. The Morgan fingerprint density at radius 1 is 1.22 bits per heavy atom. The number of hydrogen-bond acceptors (Lipinski definition) is 5. The minimum Gasteiger partial charge on any atom is -0.367 e. The van der Waals surface area contributed by atoms with Gasteiger partial charge in [-0.15, -0.1) is 11.3 Å².